The van der Waals surface area contributed by atoms with Crippen molar-refractivity contribution < 1.29 is 19.1 Å². The summed E-state index contributed by atoms with van der Waals surface area (Å²) in [7, 11) is 0. The summed E-state index contributed by atoms with van der Waals surface area (Å²) < 4.78 is 13.3. The van der Waals surface area contributed by atoms with E-state index >= 15 is 0 Å². The number of rotatable bonds is 6. The Kier molecular flexibility index (Phi) is 6.08. The number of nitrogens with one attached hydrogen (secondary N) is 3. The standard InChI is InChI=1S/C18H20FN3O3/c1-11-6-7-13(19)8-16(11)22-18(25)12(2)20-14-4-3-5-15(9-14)21-17(24)10-23/h3-9,12,20,23H,10H2,1-2H3,(H,21,24)(H,22,25). The first-order valence-corrected chi connectivity index (χ1v) is 7.73. The van der Waals surface area contributed by atoms with Crippen molar-refractivity contribution >= 4 is 28.9 Å². The lowest BCUT2D eigenvalue weighted by atomic mass is 10.2. The van der Waals surface area contributed by atoms with Gasteiger partial charge in [0.2, 0.25) is 11.8 Å². The average Bonchev–Trinajstić information content (AvgIpc) is 2.58. The Balaban J connectivity index is 2.02. The van der Waals surface area contributed by atoms with Gasteiger partial charge in [0.25, 0.3) is 0 Å². The summed E-state index contributed by atoms with van der Waals surface area (Å²) in [5, 5.41) is 17.0. The van der Waals surface area contributed by atoms with E-state index in [0.717, 1.165) is 5.56 Å². The molecular weight excluding hydrogens is 325 g/mol. The highest BCUT2D eigenvalue weighted by Gasteiger charge is 2.14. The van der Waals surface area contributed by atoms with Crippen LogP contribution < -0.4 is 16.0 Å². The number of hydrogen-bond donors (Lipinski definition) is 4. The Bertz CT molecular complexity index is 780. The molecular formula is C18H20FN3O3. The van der Waals surface area contributed by atoms with Gasteiger partial charge in [-0.2, -0.15) is 0 Å². The van der Waals surface area contributed by atoms with E-state index in [4.69, 9.17) is 5.11 Å². The molecule has 0 aromatic heterocycles. The van der Waals surface area contributed by atoms with E-state index < -0.39 is 24.4 Å². The fourth-order valence-electron chi connectivity index (χ4n) is 2.17. The Hall–Kier alpha value is -2.93. The second kappa shape index (κ2) is 8.25. The van der Waals surface area contributed by atoms with E-state index in [1.807, 2.05) is 0 Å². The van der Waals surface area contributed by atoms with Crippen LogP contribution in [0, 0.1) is 12.7 Å². The molecule has 0 aliphatic heterocycles. The second-order valence-corrected chi connectivity index (χ2v) is 5.60. The minimum absolute atomic E-state index is 0.321. The maximum absolute atomic E-state index is 13.3. The maximum atomic E-state index is 13.3. The van der Waals surface area contributed by atoms with Crippen molar-refractivity contribution in [3.63, 3.8) is 0 Å². The monoisotopic (exact) mass is 345 g/mol. The van der Waals surface area contributed by atoms with Crippen LogP contribution in [0.3, 0.4) is 0 Å². The summed E-state index contributed by atoms with van der Waals surface area (Å²) in [5.74, 6) is -1.27. The molecule has 2 aromatic rings. The number of halogens is 1. The predicted octanol–water partition coefficient (Wildman–Crippen LogP) is 2.50. The van der Waals surface area contributed by atoms with Crippen molar-refractivity contribution in [1.29, 1.82) is 0 Å². The predicted molar refractivity (Wildman–Crippen MR) is 95.0 cm³/mol. The van der Waals surface area contributed by atoms with Gasteiger partial charge in [0, 0.05) is 17.1 Å². The number of carbonyl (C=O) groups excluding carboxylic acids is 2. The molecule has 7 heteroatoms. The average molecular weight is 345 g/mol. The highest BCUT2D eigenvalue weighted by atomic mass is 19.1. The van der Waals surface area contributed by atoms with Gasteiger partial charge in [-0.25, -0.2) is 4.39 Å². The molecule has 2 amide bonds. The zero-order valence-electron chi connectivity index (χ0n) is 14.0. The molecule has 0 saturated carbocycles. The third-order valence-corrected chi connectivity index (χ3v) is 3.52. The van der Waals surface area contributed by atoms with Gasteiger partial charge >= 0.3 is 0 Å². The molecule has 2 rings (SSSR count). The second-order valence-electron chi connectivity index (χ2n) is 5.60. The van der Waals surface area contributed by atoms with Crippen LogP contribution in [-0.4, -0.2) is 29.6 Å². The number of aryl methyl sites for hydroxylation is 1. The van der Waals surface area contributed by atoms with Crippen LogP contribution in [0.25, 0.3) is 0 Å². The third kappa shape index (κ3) is 5.29. The molecule has 2 aromatic carbocycles. The van der Waals surface area contributed by atoms with Crippen LogP contribution in [0.15, 0.2) is 42.5 Å². The topological polar surface area (TPSA) is 90.5 Å². The van der Waals surface area contributed by atoms with Crippen molar-refractivity contribution in [1.82, 2.24) is 0 Å². The van der Waals surface area contributed by atoms with Gasteiger partial charge in [0.05, 0.1) is 0 Å². The van der Waals surface area contributed by atoms with Crippen molar-refractivity contribution in [2.24, 2.45) is 0 Å². The SMILES string of the molecule is Cc1ccc(F)cc1NC(=O)C(C)Nc1cccc(NC(=O)CO)c1. The molecule has 132 valence electrons. The maximum Gasteiger partial charge on any atom is 0.250 e. The van der Waals surface area contributed by atoms with E-state index in [-0.39, 0.29) is 5.91 Å². The first kappa shape index (κ1) is 18.4. The van der Waals surface area contributed by atoms with Crippen LogP contribution in [0.4, 0.5) is 21.5 Å². The van der Waals surface area contributed by atoms with Crippen molar-refractivity contribution in [2.75, 3.05) is 22.6 Å². The number of benzene rings is 2. The molecule has 0 heterocycles. The molecule has 0 spiro atoms. The normalized spacial score (nSPS) is 11.5. The molecule has 4 N–H and O–H groups in total. The zero-order valence-corrected chi connectivity index (χ0v) is 14.0. The highest BCUT2D eigenvalue weighted by Crippen LogP contribution is 2.18. The molecule has 0 fully saturated rings. The molecule has 25 heavy (non-hydrogen) atoms. The van der Waals surface area contributed by atoms with Crippen LogP contribution in [0.2, 0.25) is 0 Å². The quantitative estimate of drug-likeness (QED) is 0.647. The van der Waals surface area contributed by atoms with Crippen molar-refractivity contribution in [3.05, 3.63) is 53.8 Å². The minimum Gasteiger partial charge on any atom is -0.387 e. The summed E-state index contributed by atoms with van der Waals surface area (Å²) in [6.07, 6.45) is 0. The fraction of sp³-hybridized carbons (Fsp3) is 0.222. The Morgan fingerprint density at radius 2 is 1.84 bits per heavy atom. The first-order valence-electron chi connectivity index (χ1n) is 7.73. The van der Waals surface area contributed by atoms with Gasteiger partial charge in [-0.1, -0.05) is 12.1 Å². The highest BCUT2D eigenvalue weighted by molar-refractivity contribution is 5.97. The molecule has 0 bridgehead atoms. The Morgan fingerprint density at radius 3 is 2.56 bits per heavy atom. The lowest BCUT2D eigenvalue weighted by molar-refractivity contribution is -0.119. The van der Waals surface area contributed by atoms with Crippen LogP contribution in [0.1, 0.15) is 12.5 Å². The van der Waals surface area contributed by atoms with E-state index in [1.165, 1.54) is 12.1 Å². The van der Waals surface area contributed by atoms with E-state index in [0.29, 0.717) is 17.1 Å². The lowest BCUT2D eigenvalue weighted by Gasteiger charge is -2.17. The van der Waals surface area contributed by atoms with Crippen molar-refractivity contribution in [3.8, 4) is 0 Å². The van der Waals surface area contributed by atoms with Gasteiger partial charge in [0.1, 0.15) is 18.5 Å². The van der Waals surface area contributed by atoms with Gasteiger partial charge in [-0.15, -0.1) is 0 Å². The van der Waals surface area contributed by atoms with Gasteiger partial charge in [0.15, 0.2) is 0 Å². The van der Waals surface area contributed by atoms with E-state index in [1.54, 1.807) is 44.2 Å². The van der Waals surface area contributed by atoms with Crippen molar-refractivity contribution in [2.45, 2.75) is 19.9 Å². The molecule has 6 nitrogen and oxygen atoms in total. The fourth-order valence-corrected chi connectivity index (χ4v) is 2.17. The number of anilines is 3. The molecule has 0 aliphatic carbocycles. The number of aliphatic hydroxyl groups excluding tert-OH is 1. The minimum atomic E-state index is -0.608. The molecule has 1 atom stereocenters. The largest absolute Gasteiger partial charge is 0.387 e. The third-order valence-electron chi connectivity index (χ3n) is 3.52. The van der Waals surface area contributed by atoms with Gasteiger partial charge in [-0.3, -0.25) is 9.59 Å². The summed E-state index contributed by atoms with van der Waals surface area (Å²) >= 11 is 0. The zero-order chi connectivity index (χ0) is 18.4. The molecule has 1 unspecified atom stereocenters. The van der Waals surface area contributed by atoms with Crippen LogP contribution in [-0.2, 0) is 9.59 Å². The van der Waals surface area contributed by atoms with E-state index in [2.05, 4.69) is 16.0 Å². The smallest absolute Gasteiger partial charge is 0.250 e. The number of hydrogen-bond acceptors (Lipinski definition) is 4. The van der Waals surface area contributed by atoms with Gasteiger partial charge < -0.3 is 21.1 Å². The first-order chi connectivity index (χ1) is 11.9. The number of aliphatic hydroxyl groups is 1. The van der Waals surface area contributed by atoms with Gasteiger partial charge in [-0.05, 0) is 49.7 Å². The molecule has 0 saturated heterocycles. The Labute approximate surface area is 145 Å². The van der Waals surface area contributed by atoms with E-state index in [9.17, 15) is 14.0 Å². The Morgan fingerprint density at radius 1 is 1.12 bits per heavy atom. The summed E-state index contributed by atoms with van der Waals surface area (Å²) in [6.45, 7) is 2.84. The molecule has 0 radical (unpaired) electrons. The van der Waals surface area contributed by atoms with Crippen LogP contribution in [0.5, 0.6) is 0 Å². The molecule has 0 aliphatic rings. The van der Waals surface area contributed by atoms with Crippen LogP contribution >= 0.6 is 0 Å². The summed E-state index contributed by atoms with van der Waals surface area (Å²) in [5.41, 5.74) is 2.30. The number of carbonyl (C=O) groups is 2. The number of amides is 2. The summed E-state index contributed by atoms with van der Waals surface area (Å²) in [4.78, 5) is 23.5. The lowest BCUT2D eigenvalue weighted by Crippen LogP contribution is -2.32. The summed E-state index contributed by atoms with van der Waals surface area (Å²) in [6, 6.07) is 10.4.